The van der Waals surface area contributed by atoms with Crippen molar-refractivity contribution in [3.63, 3.8) is 0 Å². The van der Waals surface area contributed by atoms with Gasteiger partial charge in [-0.3, -0.25) is 0 Å². The number of nitrogens with zero attached hydrogens (tertiary/aromatic N) is 2. The first-order valence-corrected chi connectivity index (χ1v) is 9.98. The molecule has 0 fully saturated rings. The molecule has 1 aromatic rings. The Morgan fingerprint density at radius 1 is 1.36 bits per heavy atom. The Kier molecular flexibility index (Phi) is 5.55. The van der Waals surface area contributed by atoms with Crippen LogP contribution in [0.25, 0.3) is 6.08 Å². The van der Waals surface area contributed by atoms with Crippen LogP contribution in [0.15, 0.2) is 29.0 Å². The number of ether oxygens (including phenoxy) is 4. The molecule has 0 radical (unpaired) electrons. The summed E-state index contributed by atoms with van der Waals surface area (Å²) in [5, 5.41) is 0. The summed E-state index contributed by atoms with van der Waals surface area (Å²) in [5.74, 6) is 0.799. The van der Waals surface area contributed by atoms with E-state index >= 15 is 0 Å². The Bertz CT molecular complexity index is 866. The number of carbonyl (C=O) groups is 1. The maximum Gasteiger partial charge on any atom is 0.417 e. The van der Waals surface area contributed by atoms with Crippen LogP contribution in [0, 0.1) is 0 Å². The lowest BCUT2D eigenvalue weighted by atomic mass is 10.0. The van der Waals surface area contributed by atoms with E-state index in [1.165, 1.54) is 19.1 Å². The van der Waals surface area contributed by atoms with E-state index in [9.17, 15) is 9.36 Å². The summed E-state index contributed by atoms with van der Waals surface area (Å²) in [4.78, 5) is 18.6. The smallest absolute Gasteiger partial charge is 0.417 e. The third-order valence-corrected chi connectivity index (χ3v) is 5.69. The molecule has 9 heteroatoms. The van der Waals surface area contributed by atoms with Gasteiger partial charge in [0, 0.05) is 18.2 Å². The molecule has 152 valence electrons. The zero-order chi connectivity index (χ0) is 20.5. The highest BCUT2D eigenvalue weighted by molar-refractivity contribution is 7.26. The quantitative estimate of drug-likeness (QED) is 0.695. The molecule has 0 aliphatic carbocycles. The molecule has 0 saturated carbocycles. The normalized spacial score (nSPS) is 23.1. The maximum absolute atomic E-state index is 12.7. The van der Waals surface area contributed by atoms with E-state index in [1.807, 2.05) is 19.9 Å². The number of rotatable bonds is 5. The molecular formula is C19H25N2O6P. The minimum atomic E-state index is -1.61. The summed E-state index contributed by atoms with van der Waals surface area (Å²) in [6.07, 6.45) is 1.05. The third-order valence-electron chi connectivity index (χ3n) is 4.59. The van der Waals surface area contributed by atoms with Crippen LogP contribution in [0.1, 0.15) is 31.9 Å². The lowest BCUT2D eigenvalue weighted by Crippen LogP contribution is -2.53. The van der Waals surface area contributed by atoms with Crippen LogP contribution >= 0.6 is 8.46 Å². The number of aliphatic imine (C=N–C) groups is 1. The SMILES string of the molecule is CCOC(=O)N1c2ccc(C3=NC(C)(C)CO3)cc2C=C(OC)C1(OC)[PH2]=O. The van der Waals surface area contributed by atoms with Crippen molar-refractivity contribution in [1.29, 1.82) is 0 Å². The first-order chi connectivity index (χ1) is 13.3. The second-order valence-electron chi connectivity index (χ2n) is 7.06. The van der Waals surface area contributed by atoms with Gasteiger partial charge in [-0.2, -0.15) is 0 Å². The van der Waals surface area contributed by atoms with Gasteiger partial charge in [-0.25, -0.2) is 14.7 Å². The molecule has 1 amide bonds. The van der Waals surface area contributed by atoms with Crippen LogP contribution in [0.2, 0.25) is 0 Å². The topological polar surface area (TPSA) is 86.7 Å². The Hall–Kier alpha value is -2.31. The monoisotopic (exact) mass is 408 g/mol. The van der Waals surface area contributed by atoms with Crippen LogP contribution in [0.3, 0.4) is 0 Å². The fourth-order valence-electron chi connectivity index (χ4n) is 3.25. The second-order valence-corrected chi connectivity index (χ2v) is 8.08. The van der Waals surface area contributed by atoms with E-state index < -0.39 is 20.0 Å². The van der Waals surface area contributed by atoms with Crippen molar-refractivity contribution in [2.45, 2.75) is 31.8 Å². The fraction of sp³-hybridized carbons (Fsp3) is 0.474. The van der Waals surface area contributed by atoms with E-state index in [1.54, 1.807) is 25.1 Å². The van der Waals surface area contributed by atoms with E-state index in [2.05, 4.69) is 4.99 Å². The first-order valence-electron chi connectivity index (χ1n) is 8.93. The van der Waals surface area contributed by atoms with Crippen LogP contribution in [0.5, 0.6) is 0 Å². The molecule has 0 aromatic heterocycles. The maximum atomic E-state index is 12.7. The predicted molar refractivity (Wildman–Crippen MR) is 108 cm³/mol. The Labute approximate surface area is 165 Å². The van der Waals surface area contributed by atoms with Gasteiger partial charge in [-0.15, -0.1) is 0 Å². The van der Waals surface area contributed by atoms with Crippen molar-refractivity contribution in [3.05, 3.63) is 35.1 Å². The van der Waals surface area contributed by atoms with E-state index in [0.29, 0.717) is 23.8 Å². The number of hydrogen-bond acceptors (Lipinski definition) is 7. The molecule has 3 rings (SSSR count). The van der Waals surface area contributed by atoms with Crippen LogP contribution in [0.4, 0.5) is 10.5 Å². The zero-order valence-corrected chi connectivity index (χ0v) is 17.8. The molecule has 0 saturated heterocycles. The predicted octanol–water partition coefficient (Wildman–Crippen LogP) is 3.26. The molecule has 0 spiro atoms. The molecule has 28 heavy (non-hydrogen) atoms. The van der Waals surface area contributed by atoms with E-state index in [0.717, 1.165) is 5.56 Å². The number of amides is 1. The fourth-order valence-corrected chi connectivity index (χ4v) is 4.01. The highest BCUT2D eigenvalue weighted by Crippen LogP contribution is 2.46. The molecule has 2 heterocycles. The van der Waals surface area contributed by atoms with Crippen LogP contribution < -0.4 is 4.90 Å². The van der Waals surface area contributed by atoms with Gasteiger partial charge in [-0.1, -0.05) is 0 Å². The van der Waals surface area contributed by atoms with Crippen LogP contribution in [-0.4, -0.2) is 50.4 Å². The van der Waals surface area contributed by atoms with Crippen molar-refractivity contribution in [1.82, 2.24) is 0 Å². The molecule has 0 bridgehead atoms. The minimum absolute atomic E-state index is 0.169. The summed E-state index contributed by atoms with van der Waals surface area (Å²) >= 11 is 0. The van der Waals surface area contributed by atoms with Crippen molar-refractivity contribution in [3.8, 4) is 0 Å². The van der Waals surface area contributed by atoms with Gasteiger partial charge in [0.05, 0.1) is 24.9 Å². The number of hydrogen-bond donors (Lipinski definition) is 0. The Morgan fingerprint density at radius 2 is 2.11 bits per heavy atom. The van der Waals surface area contributed by atoms with Gasteiger partial charge in [-0.05, 0) is 45.0 Å². The molecule has 2 aliphatic rings. The van der Waals surface area contributed by atoms with Gasteiger partial charge in [0.15, 0.2) is 5.76 Å². The summed E-state index contributed by atoms with van der Waals surface area (Å²) in [6.45, 7) is 6.36. The van der Waals surface area contributed by atoms with Gasteiger partial charge >= 0.3 is 6.09 Å². The van der Waals surface area contributed by atoms with E-state index in [-0.39, 0.29) is 17.9 Å². The number of fused-ring (bicyclic) bond motifs is 1. The highest BCUT2D eigenvalue weighted by atomic mass is 31.1. The third kappa shape index (κ3) is 3.31. The molecule has 0 N–H and O–H groups in total. The van der Waals surface area contributed by atoms with E-state index in [4.69, 9.17) is 18.9 Å². The van der Waals surface area contributed by atoms with Crippen molar-refractivity contribution in [2.75, 3.05) is 32.3 Å². The molecule has 8 nitrogen and oxygen atoms in total. The molecule has 1 aromatic carbocycles. The summed E-state index contributed by atoms with van der Waals surface area (Å²) in [6, 6.07) is 5.39. The first kappa shape index (κ1) is 20.4. The molecule has 2 atom stereocenters. The van der Waals surface area contributed by atoms with Gasteiger partial charge in [0.2, 0.25) is 5.90 Å². The lowest BCUT2D eigenvalue weighted by molar-refractivity contribution is 0.0409. The number of carbonyl (C=O) groups excluding carboxylic acids is 1. The largest absolute Gasteiger partial charge is 0.495 e. The Balaban J connectivity index is 2.16. The summed E-state index contributed by atoms with van der Waals surface area (Å²) in [5.41, 5.74) is 0.135. The summed E-state index contributed by atoms with van der Waals surface area (Å²) in [7, 11) is 1.22. The average Bonchev–Trinajstić information content (AvgIpc) is 3.05. The highest BCUT2D eigenvalue weighted by Gasteiger charge is 2.49. The van der Waals surface area contributed by atoms with Gasteiger partial charge < -0.3 is 23.5 Å². The second kappa shape index (κ2) is 7.60. The zero-order valence-electron chi connectivity index (χ0n) is 16.6. The van der Waals surface area contributed by atoms with Crippen molar-refractivity contribution in [2.24, 2.45) is 4.99 Å². The molecular weight excluding hydrogens is 383 g/mol. The number of anilines is 1. The van der Waals surface area contributed by atoms with Crippen molar-refractivity contribution < 1.29 is 28.3 Å². The van der Waals surface area contributed by atoms with Gasteiger partial charge in [0.1, 0.15) is 15.1 Å². The van der Waals surface area contributed by atoms with Gasteiger partial charge in [0.25, 0.3) is 5.47 Å². The number of methoxy groups -OCH3 is 2. The van der Waals surface area contributed by atoms with Crippen molar-refractivity contribution >= 4 is 32.2 Å². The standard InChI is InChI=1S/C19H25N2O6P/c1-6-26-17(22)21-14-8-7-12(16-20-18(2,3)11-27-16)9-13(14)10-15(24-4)19(21,25-5)28-23/h7-10H,6,11,28H2,1-5H3. The molecule has 2 unspecified atom stereocenters. The van der Waals surface area contributed by atoms with Crippen LogP contribution in [-0.2, 0) is 23.5 Å². The number of benzene rings is 1. The average molecular weight is 408 g/mol. The molecule has 2 aliphatic heterocycles. The summed E-state index contributed by atoms with van der Waals surface area (Å²) < 4.78 is 34.1. The lowest BCUT2D eigenvalue weighted by Gasteiger charge is -2.41. The Morgan fingerprint density at radius 3 is 2.64 bits per heavy atom. The minimum Gasteiger partial charge on any atom is -0.495 e.